The molecule has 0 unspecified atom stereocenters. The molecule has 1 aliphatic rings. The van der Waals surface area contributed by atoms with Gasteiger partial charge in [0, 0.05) is 30.9 Å². The van der Waals surface area contributed by atoms with E-state index in [4.69, 9.17) is 15.9 Å². The van der Waals surface area contributed by atoms with E-state index in [0.717, 1.165) is 38.3 Å². The predicted molar refractivity (Wildman–Crippen MR) is 65.1 cm³/mol. The summed E-state index contributed by atoms with van der Waals surface area (Å²) in [6.07, 6.45) is 1.06. The predicted octanol–water partition coefficient (Wildman–Crippen LogP) is 1.20. The number of amidine groups is 1. The third kappa shape index (κ3) is 2.52. The quantitative estimate of drug-likeness (QED) is 0.580. The molecule has 4 heteroatoms. The van der Waals surface area contributed by atoms with Crippen LogP contribution in [0.25, 0.3) is 0 Å². The number of anilines is 1. The van der Waals surface area contributed by atoms with Gasteiger partial charge in [-0.2, -0.15) is 0 Å². The Morgan fingerprint density at radius 3 is 2.62 bits per heavy atom. The zero-order valence-corrected chi connectivity index (χ0v) is 9.28. The summed E-state index contributed by atoms with van der Waals surface area (Å²) in [6, 6.07) is 7.82. The molecule has 1 fully saturated rings. The van der Waals surface area contributed by atoms with Crippen molar-refractivity contribution >= 4 is 11.5 Å². The summed E-state index contributed by atoms with van der Waals surface area (Å²) in [6.45, 7) is 3.59. The Morgan fingerprint density at radius 2 is 1.94 bits per heavy atom. The number of nitrogens with two attached hydrogens (primary N) is 1. The second-order valence-corrected chi connectivity index (χ2v) is 3.91. The topological polar surface area (TPSA) is 62.3 Å². The molecule has 0 atom stereocenters. The standard InChI is InChI=1S/C12H17N3O/c13-12(14)10-2-4-11(5-3-10)15-6-1-8-16-9-7-15/h2-5H,1,6-9H2,(H3,13,14). The number of nitrogens with one attached hydrogen (secondary N) is 1. The van der Waals surface area contributed by atoms with Gasteiger partial charge in [-0.15, -0.1) is 0 Å². The third-order valence-corrected chi connectivity index (χ3v) is 2.77. The summed E-state index contributed by atoms with van der Waals surface area (Å²) in [7, 11) is 0. The number of ether oxygens (including phenoxy) is 1. The minimum absolute atomic E-state index is 0.116. The summed E-state index contributed by atoms with van der Waals surface area (Å²) < 4.78 is 5.41. The second-order valence-electron chi connectivity index (χ2n) is 3.91. The van der Waals surface area contributed by atoms with Crippen LogP contribution in [0.5, 0.6) is 0 Å². The lowest BCUT2D eigenvalue weighted by Gasteiger charge is -2.22. The van der Waals surface area contributed by atoms with Gasteiger partial charge in [-0.05, 0) is 30.7 Å². The fraction of sp³-hybridized carbons (Fsp3) is 0.417. The molecule has 0 saturated carbocycles. The molecule has 3 N–H and O–H groups in total. The monoisotopic (exact) mass is 219 g/mol. The maximum absolute atomic E-state index is 7.33. The number of hydrogen-bond donors (Lipinski definition) is 2. The Bertz CT molecular complexity index is 353. The van der Waals surface area contributed by atoms with Gasteiger partial charge in [0.2, 0.25) is 0 Å². The number of nitrogens with zero attached hydrogens (tertiary/aromatic N) is 1. The van der Waals surface area contributed by atoms with Gasteiger partial charge in [0.15, 0.2) is 0 Å². The zero-order valence-electron chi connectivity index (χ0n) is 9.28. The van der Waals surface area contributed by atoms with Crippen LogP contribution in [0.2, 0.25) is 0 Å². The number of benzene rings is 1. The molecule has 0 spiro atoms. The van der Waals surface area contributed by atoms with E-state index in [-0.39, 0.29) is 5.84 Å². The van der Waals surface area contributed by atoms with Crippen molar-refractivity contribution in [2.24, 2.45) is 5.73 Å². The van der Waals surface area contributed by atoms with Crippen LogP contribution in [0, 0.1) is 5.41 Å². The Labute approximate surface area is 95.5 Å². The lowest BCUT2D eigenvalue weighted by Crippen LogP contribution is -2.25. The maximum Gasteiger partial charge on any atom is 0.122 e. The molecule has 1 aliphatic heterocycles. The van der Waals surface area contributed by atoms with Crippen molar-refractivity contribution in [2.45, 2.75) is 6.42 Å². The highest BCUT2D eigenvalue weighted by Crippen LogP contribution is 2.16. The average Bonchev–Trinajstić information content (AvgIpc) is 2.57. The first-order chi connectivity index (χ1) is 7.77. The van der Waals surface area contributed by atoms with E-state index in [1.54, 1.807) is 0 Å². The fourth-order valence-electron chi connectivity index (χ4n) is 1.86. The van der Waals surface area contributed by atoms with Crippen molar-refractivity contribution in [3.63, 3.8) is 0 Å². The first-order valence-electron chi connectivity index (χ1n) is 5.54. The molecule has 0 radical (unpaired) electrons. The molecule has 0 aliphatic carbocycles. The van der Waals surface area contributed by atoms with Crippen molar-refractivity contribution in [1.29, 1.82) is 5.41 Å². The molecule has 0 bridgehead atoms. The molecule has 1 aromatic rings. The highest BCUT2D eigenvalue weighted by atomic mass is 16.5. The van der Waals surface area contributed by atoms with Gasteiger partial charge in [-0.3, -0.25) is 5.41 Å². The van der Waals surface area contributed by atoms with Gasteiger partial charge in [0.1, 0.15) is 5.84 Å². The Balaban J connectivity index is 2.10. The fourth-order valence-corrected chi connectivity index (χ4v) is 1.86. The molecular formula is C12H17N3O. The minimum atomic E-state index is 0.116. The van der Waals surface area contributed by atoms with Crippen LogP contribution in [0.3, 0.4) is 0 Å². The van der Waals surface area contributed by atoms with Gasteiger partial charge in [-0.1, -0.05) is 0 Å². The van der Waals surface area contributed by atoms with E-state index in [0.29, 0.717) is 0 Å². The highest BCUT2D eigenvalue weighted by molar-refractivity contribution is 5.95. The highest BCUT2D eigenvalue weighted by Gasteiger charge is 2.09. The summed E-state index contributed by atoms with van der Waals surface area (Å²) in [5.74, 6) is 0.116. The van der Waals surface area contributed by atoms with Gasteiger partial charge >= 0.3 is 0 Å². The molecule has 4 nitrogen and oxygen atoms in total. The van der Waals surface area contributed by atoms with Crippen molar-refractivity contribution in [2.75, 3.05) is 31.2 Å². The first-order valence-corrected chi connectivity index (χ1v) is 5.54. The summed E-state index contributed by atoms with van der Waals surface area (Å²) >= 11 is 0. The minimum Gasteiger partial charge on any atom is -0.384 e. The first kappa shape index (κ1) is 11.0. The van der Waals surface area contributed by atoms with Gasteiger partial charge in [-0.25, -0.2) is 0 Å². The number of nitrogen functional groups attached to an aromatic ring is 1. The Morgan fingerprint density at radius 1 is 1.19 bits per heavy atom. The van der Waals surface area contributed by atoms with Gasteiger partial charge in [0.25, 0.3) is 0 Å². The van der Waals surface area contributed by atoms with E-state index in [9.17, 15) is 0 Å². The van der Waals surface area contributed by atoms with Crippen LogP contribution in [0.4, 0.5) is 5.69 Å². The van der Waals surface area contributed by atoms with Crippen molar-refractivity contribution in [1.82, 2.24) is 0 Å². The molecule has 0 aromatic heterocycles. The molecule has 1 aromatic carbocycles. The molecule has 1 saturated heterocycles. The molecule has 2 rings (SSSR count). The van der Waals surface area contributed by atoms with Crippen LogP contribution in [0.15, 0.2) is 24.3 Å². The lowest BCUT2D eigenvalue weighted by molar-refractivity contribution is 0.152. The van der Waals surface area contributed by atoms with E-state index < -0.39 is 0 Å². The Hall–Kier alpha value is -1.55. The van der Waals surface area contributed by atoms with E-state index >= 15 is 0 Å². The average molecular weight is 219 g/mol. The van der Waals surface area contributed by atoms with Gasteiger partial charge in [0.05, 0.1) is 6.61 Å². The van der Waals surface area contributed by atoms with Crippen molar-refractivity contribution in [3.8, 4) is 0 Å². The molecule has 1 heterocycles. The largest absolute Gasteiger partial charge is 0.384 e. The van der Waals surface area contributed by atoms with Crippen molar-refractivity contribution < 1.29 is 4.74 Å². The van der Waals surface area contributed by atoms with Crippen LogP contribution in [0.1, 0.15) is 12.0 Å². The molecule has 16 heavy (non-hydrogen) atoms. The van der Waals surface area contributed by atoms with Crippen LogP contribution >= 0.6 is 0 Å². The van der Waals surface area contributed by atoms with E-state index in [1.165, 1.54) is 5.69 Å². The maximum atomic E-state index is 7.33. The zero-order chi connectivity index (χ0) is 11.4. The number of hydrogen-bond acceptors (Lipinski definition) is 3. The van der Waals surface area contributed by atoms with E-state index in [1.807, 2.05) is 24.3 Å². The summed E-state index contributed by atoms with van der Waals surface area (Å²) in [4.78, 5) is 2.30. The second kappa shape index (κ2) is 4.99. The summed E-state index contributed by atoms with van der Waals surface area (Å²) in [5.41, 5.74) is 7.37. The lowest BCUT2D eigenvalue weighted by atomic mass is 10.2. The number of rotatable bonds is 2. The Kier molecular flexibility index (Phi) is 3.41. The summed E-state index contributed by atoms with van der Waals surface area (Å²) in [5, 5.41) is 7.33. The SMILES string of the molecule is N=C(N)c1ccc(N2CCCOCC2)cc1. The molecular weight excluding hydrogens is 202 g/mol. The van der Waals surface area contributed by atoms with Crippen LogP contribution in [-0.2, 0) is 4.74 Å². The normalized spacial score (nSPS) is 16.9. The van der Waals surface area contributed by atoms with Gasteiger partial charge < -0.3 is 15.4 Å². The van der Waals surface area contributed by atoms with E-state index in [2.05, 4.69) is 4.90 Å². The van der Waals surface area contributed by atoms with Crippen molar-refractivity contribution in [3.05, 3.63) is 29.8 Å². The smallest absolute Gasteiger partial charge is 0.122 e. The molecule has 0 amide bonds. The van der Waals surface area contributed by atoms with Crippen LogP contribution in [-0.4, -0.2) is 32.1 Å². The third-order valence-electron chi connectivity index (χ3n) is 2.77. The van der Waals surface area contributed by atoms with Crippen LogP contribution < -0.4 is 10.6 Å². The molecule has 86 valence electrons.